The van der Waals surface area contributed by atoms with Crippen LogP contribution in [-0.2, 0) is 25.8 Å². The largest absolute Gasteiger partial charge is 0.390 e. The van der Waals surface area contributed by atoms with Crippen LogP contribution in [0.25, 0.3) is 0 Å². The number of nitrogens with one attached hydrogen (secondary N) is 2. The van der Waals surface area contributed by atoms with Crippen LogP contribution in [0.1, 0.15) is 78.7 Å². The molecule has 1 aromatic carbocycles. The quantitative estimate of drug-likeness (QED) is 0.338. The molecule has 232 valence electrons. The minimum absolute atomic E-state index is 0.0166. The van der Waals surface area contributed by atoms with Crippen LogP contribution < -0.4 is 10.6 Å². The Morgan fingerprint density at radius 3 is 2.44 bits per heavy atom. The Morgan fingerprint density at radius 2 is 1.78 bits per heavy atom. The lowest BCUT2D eigenvalue weighted by Crippen LogP contribution is -2.60. The second-order valence-electron chi connectivity index (χ2n) is 14.0. The van der Waals surface area contributed by atoms with Gasteiger partial charge in [-0.1, -0.05) is 63.4 Å². The van der Waals surface area contributed by atoms with Crippen LogP contribution in [0.5, 0.6) is 0 Å². The number of likely N-dealkylation sites (tertiary alicyclic amines) is 1. The van der Waals surface area contributed by atoms with E-state index in [1.165, 1.54) is 25.7 Å². The summed E-state index contributed by atoms with van der Waals surface area (Å²) in [6.07, 6.45) is 5.69. The summed E-state index contributed by atoms with van der Waals surface area (Å²) < 4.78 is 31.3. The summed E-state index contributed by atoms with van der Waals surface area (Å²) in [5.74, 6) is 1.32. The number of β-amino-alcohol motifs (C(OH)–C–C–N with tert-alkyl or cyclic N) is 1. The van der Waals surface area contributed by atoms with E-state index in [-0.39, 0.29) is 48.0 Å². The van der Waals surface area contributed by atoms with E-state index in [9.17, 15) is 18.3 Å². The first-order chi connectivity index (χ1) is 19.3. The second-order valence-corrected chi connectivity index (χ2v) is 16.3. The molecule has 9 heteroatoms. The lowest BCUT2D eigenvalue weighted by atomic mass is 9.72. The number of rotatable bonds is 11. The highest BCUT2D eigenvalue weighted by molar-refractivity contribution is 7.92. The van der Waals surface area contributed by atoms with Gasteiger partial charge in [0.25, 0.3) is 0 Å². The van der Waals surface area contributed by atoms with Crippen molar-refractivity contribution in [3.05, 3.63) is 35.9 Å². The molecule has 1 amide bonds. The highest BCUT2D eigenvalue weighted by Crippen LogP contribution is 2.39. The molecule has 4 rings (SSSR count). The van der Waals surface area contributed by atoms with E-state index in [2.05, 4.69) is 15.5 Å². The van der Waals surface area contributed by atoms with Crippen LogP contribution in [0.2, 0.25) is 0 Å². The van der Waals surface area contributed by atoms with Gasteiger partial charge in [-0.2, -0.15) is 0 Å². The number of fused-ring (bicyclic) bond motifs is 1. The summed E-state index contributed by atoms with van der Waals surface area (Å²) in [7, 11) is -3.15. The number of amides is 1. The molecular formula is C32H53N3O5S. The Bertz CT molecular complexity index is 1090. The van der Waals surface area contributed by atoms with Crippen molar-refractivity contribution in [1.82, 2.24) is 15.5 Å². The zero-order valence-corrected chi connectivity index (χ0v) is 26.5. The Balaban J connectivity index is 1.46. The fourth-order valence-corrected chi connectivity index (χ4v) is 9.64. The predicted molar refractivity (Wildman–Crippen MR) is 163 cm³/mol. The molecule has 1 saturated carbocycles. The molecule has 41 heavy (non-hydrogen) atoms. The van der Waals surface area contributed by atoms with Crippen molar-refractivity contribution < 1.29 is 23.1 Å². The fraction of sp³-hybridized carbons (Fsp3) is 0.781. The van der Waals surface area contributed by atoms with Crippen LogP contribution in [0.3, 0.4) is 0 Å². The maximum atomic E-state index is 13.5. The Kier molecular flexibility index (Phi) is 10.9. The van der Waals surface area contributed by atoms with E-state index in [0.717, 1.165) is 18.5 Å². The summed E-state index contributed by atoms with van der Waals surface area (Å²) >= 11 is 0. The first-order valence-corrected chi connectivity index (χ1v) is 17.4. The molecule has 0 radical (unpaired) electrons. The number of ether oxygens (including phenoxy) is 1. The first kappa shape index (κ1) is 32.4. The van der Waals surface area contributed by atoms with Gasteiger partial charge in [0.1, 0.15) is 0 Å². The number of benzene rings is 1. The zero-order chi connectivity index (χ0) is 29.8. The monoisotopic (exact) mass is 591 g/mol. The van der Waals surface area contributed by atoms with Crippen LogP contribution in [0.15, 0.2) is 30.3 Å². The smallest absolute Gasteiger partial charge is 0.237 e. The predicted octanol–water partition coefficient (Wildman–Crippen LogP) is 3.53. The van der Waals surface area contributed by atoms with Crippen LogP contribution in [0.4, 0.5) is 0 Å². The normalized spacial score (nSPS) is 30.1. The molecule has 1 aliphatic carbocycles. The van der Waals surface area contributed by atoms with E-state index in [1.54, 1.807) is 0 Å². The number of carbonyl (C=O) groups excluding carboxylic acids is 1. The lowest BCUT2D eigenvalue weighted by molar-refractivity contribution is -0.132. The number of piperidine rings is 1. The molecule has 7 atom stereocenters. The molecule has 2 aliphatic heterocycles. The Labute approximate surface area is 247 Å². The van der Waals surface area contributed by atoms with Gasteiger partial charge in [0, 0.05) is 24.7 Å². The van der Waals surface area contributed by atoms with Crippen molar-refractivity contribution in [2.24, 2.45) is 17.8 Å². The lowest BCUT2D eigenvalue weighted by Gasteiger charge is -2.47. The SMILES string of the molecule is CC(C)[C@@H]1[C@H](OCN[C@@H](Cc2ccccc2)[C@H](O)CN2C[C@H]3CCCC[C@H]3C[C@H]2C(=O)NC(C)(C)C)CCS1(=O)=O. The number of sulfone groups is 1. The van der Waals surface area contributed by atoms with Crippen molar-refractivity contribution in [3.8, 4) is 0 Å². The minimum Gasteiger partial charge on any atom is -0.390 e. The Morgan fingerprint density at radius 1 is 1.10 bits per heavy atom. The highest BCUT2D eigenvalue weighted by Gasteiger charge is 2.44. The van der Waals surface area contributed by atoms with E-state index in [4.69, 9.17) is 4.74 Å². The standard InChI is InChI=1S/C32H53N3O5S/c1-22(2)30-29(15-16-41(30,38)39)40-21-33-26(17-23-11-7-6-8-12-23)28(36)20-35-19-25-14-10-9-13-24(25)18-27(35)31(37)34-32(3,4)5/h6-8,11-12,22,24-30,33,36H,9-10,13-21H2,1-5H3,(H,34,37)/t24-,25+,26-,27-,28+,29+,30+/m0/s1. The average Bonchev–Trinajstić information content (AvgIpc) is 3.21. The van der Waals surface area contributed by atoms with Gasteiger partial charge in [-0.15, -0.1) is 0 Å². The van der Waals surface area contributed by atoms with Crippen molar-refractivity contribution >= 4 is 15.7 Å². The Hall–Kier alpha value is -1.52. The van der Waals surface area contributed by atoms with Gasteiger partial charge < -0.3 is 15.2 Å². The summed E-state index contributed by atoms with van der Waals surface area (Å²) in [4.78, 5) is 15.7. The van der Waals surface area contributed by atoms with Crippen LogP contribution in [0, 0.1) is 17.8 Å². The highest BCUT2D eigenvalue weighted by atomic mass is 32.2. The third kappa shape index (κ3) is 8.75. The van der Waals surface area contributed by atoms with E-state index in [0.29, 0.717) is 31.2 Å². The molecule has 3 N–H and O–H groups in total. The molecule has 0 spiro atoms. The van der Waals surface area contributed by atoms with Gasteiger partial charge in [-0.25, -0.2) is 8.42 Å². The number of nitrogens with zero attached hydrogens (tertiary/aromatic N) is 1. The molecule has 8 nitrogen and oxygen atoms in total. The molecule has 2 saturated heterocycles. The van der Waals surface area contributed by atoms with Gasteiger partial charge in [-0.3, -0.25) is 15.0 Å². The maximum absolute atomic E-state index is 13.5. The molecule has 1 aromatic rings. The number of aliphatic hydroxyl groups is 1. The average molecular weight is 592 g/mol. The summed E-state index contributed by atoms with van der Waals surface area (Å²) in [6, 6.07) is 9.49. The van der Waals surface area contributed by atoms with Gasteiger partial charge >= 0.3 is 0 Å². The third-order valence-electron chi connectivity index (χ3n) is 9.26. The molecule has 3 fully saturated rings. The maximum Gasteiger partial charge on any atom is 0.237 e. The van der Waals surface area contributed by atoms with E-state index < -0.39 is 21.2 Å². The molecule has 0 bridgehead atoms. The van der Waals surface area contributed by atoms with Crippen molar-refractivity contribution in [1.29, 1.82) is 0 Å². The molecule has 3 aliphatic rings. The van der Waals surface area contributed by atoms with E-state index >= 15 is 0 Å². The minimum atomic E-state index is -3.15. The van der Waals surface area contributed by atoms with E-state index in [1.807, 2.05) is 65.0 Å². The van der Waals surface area contributed by atoms with Crippen LogP contribution in [-0.4, -0.2) is 85.0 Å². The fourth-order valence-electron chi connectivity index (χ4n) is 7.30. The van der Waals surface area contributed by atoms with Crippen molar-refractivity contribution in [3.63, 3.8) is 0 Å². The molecule has 0 unspecified atom stereocenters. The zero-order valence-electron chi connectivity index (χ0n) is 25.7. The molecule has 2 heterocycles. The van der Waals surface area contributed by atoms with Gasteiger partial charge in [0.05, 0.1) is 36.0 Å². The number of hydrogen-bond acceptors (Lipinski definition) is 7. The third-order valence-corrected chi connectivity index (χ3v) is 11.7. The second kappa shape index (κ2) is 13.8. The summed E-state index contributed by atoms with van der Waals surface area (Å²) in [5, 5.41) is 17.8. The van der Waals surface area contributed by atoms with Gasteiger partial charge in [-0.05, 0) is 69.8 Å². The molecule has 0 aromatic heterocycles. The van der Waals surface area contributed by atoms with Gasteiger partial charge in [0.15, 0.2) is 9.84 Å². The summed E-state index contributed by atoms with van der Waals surface area (Å²) in [6.45, 7) is 11.3. The van der Waals surface area contributed by atoms with Crippen molar-refractivity contribution in [2.45, 2.75) is 115 Å². The number of aliphatic hydroxyl groups excluding tert-OH is 1. The molecular weight excluding hydrogens is 538 g/mol. The topological polar surface area (TPSA) is 108 Å². The summed E-state index contributed by atoms with van der Waals surface area (Å²) in [5.41, 5.74) is 0.779. The first-order valence-electron chi connectivity index (χ1n) is 15.7. The number of hydrogen-bond donors (Lipinski definition) is 3. The van der Waals surface area contributed by atoms with Crippen molar-refractivity contribution in [2.75, 3.05) is 25.6 Å². The van der Waals surface area contributed by atoms with Crippen LogP contribution >= 0.6 is 0 Å². The number of carbonyl (C=O) groups is 1. The van der Waals surface area contributed by atoms with Gasteiger partial charge in [0.2, 0.25) is 5.91 Å².